The van der Waals surface area contributed by atoms with Crippen molar-refractivity contribution in [1.29, 1.82) is 0 Å². The molecule has 0 fully saturated rings. The van der Waals surface area contributed by atoms with Gasteiger partial charge in [-0.15, -0.1) is 0 Å². The Hall–Kier alpha value is -3.39. The summed E-state index contributed by atoms with van der Waals surface area (Å²) in [5.41, 5.74) is 1.36. The predicted octanol–water partition coefficient (Wildman–Crippen LogP) is 3.39. The molecule has 0 aliphatic carbocycles. The minimum absolute atomic E-state index is 0.109. The summed E-state index contributed by atoms with van der Waals surface area (Å²) in [6.07, 6.45) is 0.625. The van der Waals surface area contributed by atoms with Crippen molar-refractivity contribution < 1.29 is 22.3 Å². The largest absolute Gasteiger partial charge is 0.497 e. The highest BCUT2D eigenvalue weighted by Crippen LogP contribution is 2.25. The van der Waals surface area contributed by atoms with Crippen LogP contribution < -0.4 is 14.4 Å². The zero-order valence-corrected chi connectivity index (χ0v) is 17.8. The van der Waals surface area contributed by atoms with Crippen LogP contribution in [0.5, 0.6) is 5.75 Å². The van der Waals surface area contributed by atoms with Crippen LogP contribution in [0.3, 0.4) is 0 Å². The number of nitrogens with one attached hydrogen (secondary N) is 1. The fourth-order valence-corrected chi connectivity index (χ4v) is 4.40. The number of hydrogen-bond acceptors (Lipinski definition) is 4. The van der Waals surface area contributed by atoms with Crippen molar-refractivity contribution in [2.24, 2.45) is 0 Å². The third kappa shape index (κ3) is 5.82. The van der Waals surface area contributed by atoms with Crippen molar-refractivity contribution in [1.82, 2.24) is 5.32 Å². The number of rotatable bonds is 9. The highest BCUT2D eigenvalue weighted by Gasteiger charge is 2.27. The Morgan fingerprint density at radius 1 is 0.968 bits per heavy atom. The molecule has 0 saturated heterocycles. The minimum Gasteiger partial charge on any atom is -0.497 e. The second-order valence-electron chi connectivity index (χ2n) is 6.75. The van der Waals surface area contributed by atoms with E-state index >= 15 is 0 Å². The van der Waals surface area contributed by atoms with Crippen molar-refractivity contribution in [2.45, 2.75) is 11.3 Å². The van der Waals surface area contributed by atoms with Crippen LogP contribution in [0.4, 0.5) is 10.1 Å². The lowest BCUT2D eigenvalue weighted by Crippen LogP contribution is -2.41. The molecule has 6 nitrogen and oxygen atoms in total. The van der Waals surface area contributed by atoms with Crippen LogP contribution in [0.25, 0.3) is 0 Å². The van der Waals surface area contributed by atoms with Crippen LogP contribution in [0.1, 0.15) is 5.56 Å². The van der Waals surface area contributed by atoms with Gasteiger partial charge in [0.15, 0.2) is 0 Å². The van der Waals surface area contributed by atoms with E-state index in [2.05, 4.69) is 5.32 Å². The average molecular weight is 443 g/mol. The molecule has 3 rings (SSSR count). The summed E-state index contributed by atoms with van der Waals surface area (Å²) in [6.45, 7) is -0.0449. The molecule has 31 heavy (non-hydrogen) atoms. The zero-order chi connectivity index (χ0) is 22.3. The molecule has 0 aliphatic heterocycles. The summed E-state index contributed by atoms with van der Waals surface area (Å²) < 4.78 is 45.8. The Kier molecular flexibility index (Phi) is 7.25. The number of sulfonamides is 1. The molecule has 0 aromatic heterocycles. The van der Waals surface area contributed by atoms with Gasteiger partial charge in [-0.2, -0.15) is 0 Å². The molecule has 0 radical (unpaired) electrons. The van der Waals surface area contributed by atoms with Crippen LogP contribution >= 0.6 is 0 Å². The van der Waals surface area contributed by atoms with Gasteiger partial charge in [-0.1, -0.05) is 30.3 Å². The lowest BCUT2D eigenvalue weighted by molar-refractivity contribution is -0.119. The molecule has 3 aromatic carbocycles. The molecule has 0 unspecified atom stereocenters. The summed E-state index contributed by atoms with van der Waals surface area (Å²) in [4.78, 5) is 12.5. The van der Waals surface area contributed by atoms with E-state index in [0.29, 0.717) is 24.4 Å². The summed E-state index contributed by atoms with van der Waals surface area (Å²) in [6, 6.07) is 20.5. The second kappa shape index (κ2) is 10.1. The first kappa shape index (κ1) is 22.3. The van der Waals surface area contributed by atoms with Gasteiger partial charge < -0.3 is 10.1 Å². The van der Waals surface area contributed by atoms with E-state index in [9.17, 15) is 17.6 Å². The Labute approximate surface area is 181 Å². The quantitative estimate of drug-likeness (QED) is 0.551. The maximum atomic E-state index is 13.3. The van der Waals surface area contributed by atoms with E-state index in [4.69, 9.17) is 4.74 Å². The Morgan fingerprint density at radius 3 is 2.23 bits per heavy atom. The van der Waals surface area contributed by atoms with E-state index < -0.39 is 28.3 Å². The van der Waals surface area contributed by atoms with E-state index in [1.807, 2.05) is 30.3 Å². The number of carbonyl (C=O) groups excluding carboxylic acids is 1. The van der Waals surface area contributed by atoms with Crippen LogP contribution in [-0.4, -0.2) is 34.5 Å². The molecule has 0 aliphatic rings. The van der Waals surface area contributed by atoms with Crippen molar-refractivity contribution >= 4 is 21.6 Å². The second-order valence-corrected chi connectivity index (χ2v) is 8.61. The van der Waals surface area contributed by atoms with Gasteiger partial charge in [0.25, 0.3) is 10.0 Å². The molecule has 0 heterocycles. The van der Waals surface area contributed by atoms with Crippen molar-refractivity contribution in [2.75, 3.05) is 24.5 Å². The molecule has 3 aromatic rings. The first-order chi connectivity index (χ1) is 14.9. The maximum absolute atomic E-state index is 13.3. The van der Waals surface area contributed by atoms with Gasteiger partial charge in [0.2, 0.25) is 5.91 Å². The Morgan fingerprint density at radius 2 is 1.61 bits per heavy atom. The third-order valence-corrected chi connectivity index (χ3v) is 6.42. The number of halogens is 1. The fraction of sp³-hybridized carbons (Fsp3) is 0.174. The molecule has 1 N–H and O–H groups in total. The highest BCUT2D eigenvalue weighted by atomic mass is 32.2. The van der Waals surface area contributed by atoms with E-state index in [-0.39, 0.29) is 4.90 Å². The van der Waals surface area contributed by atoms with Gasteiger partial charge in [0.1, 0.15) is 18.1 Å². The molecule has 0 spiro atoms. The van der Waals surface area contributed by atoms with E-state index in [1.165, 1.54) is 19.2 Å². The first-order valence-electron chi connectivity index (χ1n) is 9.63. The van der Waals surface area contributed by atoms with Gasteiger partial charge in [-0.3, -0.25) is 9.10 Å². The maximum Gasteiger partial charge on any atom is 0.264 e. The van der Waals surface area contributed by atoms with Crippen LogP contribution in [0.2, 0.25) is 0 Å². The number of nitrogens with zero attached hydrogens (tertiary/aromatic N) is 1. The number of ether oxygens (including phenoxy) is 1. The van der Waals surface area contributed by atoms with Crippen LogP contribution in [0.15, 0.2) is 83.8 Å². The molecule has 0 bridgehead atoms. The molecule has 0 atom stereocenters. The van der Waals surface area contributed by atoms with Crippen molar-refractivity contribution in [3.8, 4) is 5.75 Å². The van der Waals surface area contributed by atoms with Gasteiger partial charge in [0, 0.05) is 6.54 Å². The van der Waals surface area contributed by atoms with Crippen LogP contribution in [0, 0.1) is 5.82 Å². The van der Waals surface area contributed by atoms with Gasteiger partial charge in [-0.05, 0) is 60.5 Å². The number of methoxy groups -OCH3 is 1. The molecule has 8 heteroatoms. The van der Waals surface area contributed by atoms with Crippen LogP contribution in [-0.2, 0) is 21.2 Å². The predicted molar refractivity (Wildman–Crippen MR) is 117 cm³/mol. The van der Waals surface area contributed by atoms with E-state index in [0.717, 1.165) is 22.0 Å². The van der Waals surface area contributed by atoms with Crippen molar-refractivity contribution in [3.05, 3.63) is 90.2 Å². The SMILES string of the molecule is COc1ccc(N(CC(=O)NCCc2ccccc2)S(=O)(=O)c2ccc(F)cc2)cc1. The number of amides is 1. The summed E-state index contributed by atoms with van der Waals surface area (Å²) in [7, 11) is -2.60. The lowest BCUT2D eigenvalue weighted by atomic mass is 10.1. The van der Waals surface area contributed by atoms with Gasteiger partial charge in [0.05, 0.1) is 17.7 Å². The average Bonchev–Trinajstić information content (AvgIpc) is 2.78. The number of hydrogen-bond donors (Lipinski definition) is 1. The molecule has 1 amide bonds. The topological polar surface area (TPSA) is 75.7 Å². The highest BCUT2D eigenvalue weighted by molar-refractivity contribution is 7.92. The molecule has 0 saturated carbocycles. The monoisotopic (exact) mass is 442 g/mol. The number of anilines is 1. The molecular weight excluding hydrogens is 419 g/mol. The van der Waals surface area contributed by atoms with E-state index in [1.54, 1.807) is 24.3 Å². The standard InChI is InChI=1S/C23H23FN2O4S/c1-30-21-11-9-20(10-12-21)26(31(28,29)22-13-7-19(24)8-14-22)17-23(27)25-16-15-18-5-3-2-4-6-18/h2-14H,15-17H2,1H3,(H,25,27). The first-order valence-corrected chi connectivity index (χ1v) is 11.1. The normalized spacial score (nSPS) is 11.0. The smallest absolute Gasteiger partial charge is 0.264 e. The van der Waals surface area contributed by atoms with Gasteiger partial charge in [-0.25, -0.2) is 12.8 Å². The molecular formula is C23H23FN2O4S. The Balaban J connectivity index is 1.79. The third-order valence-electron chi connectivity index (χ3n) is 4.63. The van der Waals surface area contributed by atoms with Crippen molar-refractivity contribution in [3.63, 3.8) is 0 Å². The lowest BCUT2D eigenvalue weighted by Gasteiger charge is -2.24. The number of benzene rings is 3. The fourth-order valence-electron chi connectivity index (χ4n) is 2.97. The van der Waals surface area contributed by atoms with Gasteiger partial charge >= 0.3 is 0 Å². The summed E-state index contributed by atoms with van der Waals surface area (Å²) in [5.74, 6) is -0.443. The Bertz CT molecular complexity index is 1100. The summed E-state index contributed by atoms with van der Waals surface area (Å²) >= 11 is 0. The zero-order valence-electron chi connectivity index (χ0n) is 17.0. The number of carbonyl (C=O) groups is 1. The minimum atomic E-state index is -4.10. The summed E-state index contributed by atoms with van der Waals surface area (Å²) in [5, 5.41) is 2.76. The molecule has 162 valence electrons.